The molecule has 5 heterocycles. The summed E-state index contributed by atoms with van der Waals surface area (Å²) in [6.45, 7) is 7.20. The first-order valence-corrected chi connectivity index (χ1v) is 13.3. The Bertz CT molecular complexity index is 1430. The van der Waals surface area contributed by atoms with Crippen LogP contribution in [0.2, 0.25) is 5.02 Å². The number of anilines is 3. The van der Waals surface area contributed by atoms with Gasteiger partial charge in [-0.2, -0.15) is 4.98 Å². The van der Waals surface area contributed by atoms with Crippen LogP contribution in [0.1, 0.15) is 5.56 Å². The second-order valence-electron chi connectivity index (χ2n) is 9.50. The van der Waals surface area contributed by atoms with E-state index < -0.39 is 0 Å². The minimum atomic E-state index is -0.131. The van der Waals surface area contributed by atoms with Crippen molar-refractivity contribution < 1.29 is 9.84 Å². The van der Waals surface area contributed by atoms with Crippen LogP contribution in [0.4, 0.5) is 17.5 Å². The molecule has 4 aromatic rings. The molecule has 0 spiro atoms. The lowest BCUT2D eigenvalue weighted by Gasteiger charge is -2.36. The molecule has 3 aromatic heterocycles. The molecule has 11 heteroatoms. The van der Waals surface area contributed by atoms with Gasteiger partial charge in [0.05, 0.1) is 24.4 Å². The smallest absolute Gasteiger partial charge is 0.227 e. The van der Waals surface area contributed by atoms with Crippen LogP contribution >= 0.6 is 11.6 Å². The molecule has 0 atom stereocenters. The van der Waals surface area contributed by atoms with Gasteiger partial charge in [0.25, 0.3) is 0 Å². The lowest BCUT2D eigenvalue weighted by atomic mass is 10.1. The third-order valence-electron chi connectivity index (χ3n) is 7.26. The van der Waals surface area contributed by atoms with Gasteiger partial charge in [0, 0.05) is 88.3 Å². The van der Waals surface area contributed by atoms with E-state index in [1.807, 2.05) is 29.1 Å². The molecule has 0 bridgehead atoms. The van der Waals surface area contributed by atoms with Gasteiger partial charge in [-0.3, -0.25) is 0 Å². The Labute approximate surface area is 226 Å². The van der Waals surface area contributed by atoms with Gasteiger partial charge in [-0.05, 0) is 29.8 Å². The fourth-order valence-electron chi connectivity index (χ4n) is 5.15. The van der Waals surface area contributed by atoms with Crippen LogP contribution in [0.3, 0.4) is 0 Å². The maximum atomic E-state index is 9.91. The maximum Gasteiger partial charge on any atom is 0.227 e. The molecule has 0 saturated carbocycles. The van der Waals surface area contributed by atoms with E-state index in [9.17, 15) is 5.11 Å². The third-order valence-corrected chi connectivity index (χ3v) is 7.56. The van der Waals surface area contributed by atoms with Gasteiger partial charge in [0.15, 0.2) is 0 Å². The number of aromatic nitrogens is 4. The highest BCUT2D eigenvalue weighted by atomic mass is 35.5. The topological polar surface area (TPSA) is 94.3 Å². The fraction of sp³-hybridized carbons (Fsp3) is 0.370. The molecule has 2 fully saturated rings. The van der Waals surface area contributed by atoms with Crippen LogP contribution in [0.15, 0.2) is 48.9 Å². The summed E-state index contributed by atoms with van der Waals surface area (Å²) in [6, 6.07) is 9.78. The molecular weight excluding hydrogens is 504 g/mol. The molecule has 2 N–H and O–H groups in total. The summed E-state index contributed by atoms with van der Waals surface area (Å²) in [7, 11) is 1.56. The Morgan fingerprint density at radius 2 is 1.76 bits per heavy atom. The van der Waals surface area contributed by atoms with E-state index >= 15 is 0 Å². The zero-order chi connectivity index (χ0) is 26.1. The molecular formula is C27H31ClN8O2. The summed E-state index contributed by atoms with van der Waals surface area (Å²) >= 11 is 6.37. The van der Waals surface area contributed by atoms with Gasteiger partial charge >= 0.3 is 0 Å². The lowest BCUT2D eigenvalue weighted by Crippen LogP contribution is -2.47. The highest BCUT2D eigenvalue weighted by Crippen LogP contribution is 2.34. The van der Waals surface area contributed by atoms with Crippen molar-refractivity contribution >= 4 is 34.7 Å². The average Bonchev–Trinajstić information content (AvgIpc) is 3.41. The predicted octanol–water partition coefficient (Wildman–Crippen LogP) is 2.68. The number of ether oxygens (including phenoxy) is 1. The van der Waals surface area contributed by atoms with Crippen molar-refractivity contribution in [3.8, 4) is 17.0 Å². The van der Waals surface area contributed by atoms with E-state index in [1.165, 1.54) is 0 Å². The average molecular weight is 535 g/mol. The number of benzene rings is 1. The van der Waals surface area contributed by atoms with E-state index in [1.54, 1.807) is 19.2 Å². The number of pyridine rings is 1. The van der Waals surface area contributed by atoms with Crippen molar-refractivity contribution in [2.75, 3.05) is 74.2 Å². The van der Waals surface area contributed by atoms with E-state index in [-0.39, 0.29) is 6.61 Å². The standard InChI is InChI=1S/C27H31ClN8O2/c1-38-24-14-19(18-37)21(16-22(24)28)23-17-36-7-3-20(15-26(36)31-23)33-10-12-35(13-11-33)27-30-4-2-25(32-27)34-8-5-29-6-9-34/h2-4,7,14-17,29,37H,5-6,8-13,18H2,1H3. The Kier molecular flexibility index (Phi) is 6.92. The van der Waals surface area contributed by atoms with Gasteiger partial charge in [0.1, 0.15) is 17.2 Å². The minimum Gasteiger partial charge on any atom is -0.495 e. The van der Waals surface area contributed by atoms with Gasteiger partial charge in [-0.1, -0.05) is 11.6 Å². The van der Waals surface area contributed by atoms with Gasteiger partial charge in [-0.25, -0.2) is 9.97 Å². The molecule has 0 radical (unpaired) electrons. The van der Waals surface area contributed by atoms with E-state index in [0.29, 0.717) is 16.3 Å². The van der Waals surface area contributed by atoms with Crippen LogP contribution in [0.25, 0.3) is 16.9 Å². The molecule has 6 rings (SSSR count). The van der Waals surface area contributed by atoms with Crippen LogP contribution in [-0.4, -0.2) is 83.9 Å². The Hall–Kier alpha value is -3.60. The molecule has 2 saturated heterocycles. The number of hydrogen-bond acceptors (Lipinski definition) is 9. The normalized spacial score (nSPS) is 16.3. The number of aliphatic hydroxyl groups is 1. The van der Waals surface area contributed by atoms with Crippen LogP contribution in [0.5, 0.6) is 5.75 Å². The van der Waals surface area contributed by atoms with Crippen molar-refractivity contribution in [3.63, 3.8) is 0 Å². The number of methoxy groups -OCH3 is 1. The minimum absolute atomic E-state index is 0.131. The number of nitrogens with one attached hydrogen (secondary N) is 1. The molecule has 10 nitrogen and oxygen atoms in total. The Morgan fingerprint density at radius 1 is 0.974 bits per heavy atom. The third kappa shape index (κ3) is 4.82. The lowest BCUT2D eigenvalue weighted by molar-refractivity contribution is 0.281. The molecule has 2 aliphatic heterocycles. The van der Waals surface area contributed by atoms with Crippen molar-refractivity contribution in [3.05, 3.63) is 59.5 Å². The van der Waals surface area contributed by atoms with E-state index in [4.69, 9.17) is 26.3 Å². The summed E-state index contributed by atoms with van der Waals surface area (Å²) < 4.78 is 7.29. The van der Waals surface area contributed by atoms with Crippen LogP contribution in [0, 0.1) is 0 Å². The summed E-state index contributed by atoms with van der Waals surface area (Å²) in [4.78, 5) is 21.2. The quantitative estimate of drug-likeness (QED) is 0.387. The Morgan fingerprint density at radius 3 is 2.53 bits per heavy atom. The molecule has 0 amide bonds. The highest BCUT2D eigenvalue weighted by Gasteiger charge is 2.22. The van der Waals surface area contributed by atoms with Crippen molar-refractivity contribution in [1.82, 2.24) is 24.7 Å². The first kappa shape index (κ1) is 24.7. The van der Waals surface area contributed by atoms with Gasteiger partial charge in [0.2, 0.25) is 5.95 Å². The summed E-state index contributed by atoms with van der Waals surface area (Å²) in [5.41, 5.74) is 4.22. The molecule has 198 valence electrons. The van der Waals surface area contributed by atoms with E-state index in [2.05, 4.69) is 37.1 Å². The zero-order valence-electron chi connectivity index (χ0n) is 21.3. The van der Waals surface area contributed by atoms with E-state index in [0.717, 1.165) is 86.7 Å². The first-order valence-electron chi connectivity index (χ1n) is 12.9. The van der Waals surface area contributed by atoms with Gasteiger partial charge in [-0.15, -0.1) is 0 Å². The summed E-state index contributed by atoms with van der Waals surface area (Å²) in [6.07, 6.45) is 5.85. The second-order valence-corrected chi connectivity index (χ2v) is 9.91. The number of imidazole rings is 1. The number of hydrogen-bond donors (Lipinski definition) is 2. The van der Waals surface area contributed by atoms with Crippen molar-refractivity contribution in [2.24, 2.45) is 0 Å². The number of piperazine rings is 2. The fourth-order valence-corrected chi connectivity index (χ4v) is 5.39. The second kappa shape index (κ2) is 10.6. The van der Waals surface area contributed by atoms with Crippen LogP contribution in [-0.2, 0) is 6.61 Å². The largest absolute Gasteiger partial charge is 0.495 e. The molecule has 1 aromatic carbocycles. The number of halogens is 1. The Balaban J connectivity index is 1.17. The summed E-state index contributed by atoms with van der Waals surface area (Å²) in [5.74, 6) is 2.33. The number of rotatable bonds is 6. The monoisotopic (exact) mass is 534 g/mol. The molecule has 0 aliphatic carbocycles. The SMILES string of the molecule is COc1cc(CO)c(-c2cn3ccc(N4CCN(c5nccc(N6CCNCC6)n5)CC4)cc3n2)cc1Cl. The number of aliphatic hydroxyl groups excluding tert-OH is 1. The summed E-state index contributed by atoms with van der Waals surface area (Å²) in [5, 5.41) is 13.8. The molecule has 38 heavy (non-hydrogen) atoms. The number of fused-ring (bicyclic) bond motifs is 1. The van der Waals surface area contributed by atoms with Crippen molar-refractivity contribution in [1.29, 1.82) is 0 Å². The van der Waals surface area contributed by atoms with Crippen molar-refractivity contribution in [2.45, 2.75) is 6.61 Å². The first-order chi connectivity index (χ1) is 18.6. The van der Waals surface area contributed by atoms with Crippen LogP contribution < -0.4 is 24.8 Å². The zero-order valence-corrected chi connectivity index (χ0v) is 22.1. The number of nitrogens with zero attached hydrogens (tertiary/aromatic N) is 7. The molecule has 0 unspecified atom stereocenters. The predicted molar refractivity (Wildman–Crippen MR) is 150 cm³/mol. The van der Waals surface area contributed by atoms with Gasteiger partial charge < -0.3 is 34.3 Å². The maximum absolute atomic E-state index is 9.91. The highest BCUT2D eigenvalue weighted by molar-refractivity contribution is 6.32. The molecule has 2 aliphatic rings.